The number of esters is 1. The number of benzene rings is 2. The van der Waals surface area contributed by atoms with Crippen LogP contribution in [-0.4, -0.2) is 31.8 Å². The van der Waals surface area contributed by atoms with Crippen molar-refractivity contribution in [1.82, 2.24) is 0 Å². The Balaban J connectivity index is 1.47. The van der Waals surface area contributed by atoms with Crippen LogP contribution in [0.4, 0.5) is 0 Å². The molecule has 0 bridgehead atoms. The van der Waals surface area contributed by atoms with E-state index < -0.39 is 5.97 Å². The molecule has 1 heterocycles. The van der Waals surface area contributed by atoms with Gasteiger partial charge >= 0.3 is 5.97 Å². The molecule has 2 aromatic carbocycles. The zero-order valence-electron chi connectivity index (χ0n) is 13.1. The Morgan fingerprint density at radius 1 is 1.00 bits per heavy atom. The largest absolute Gasteiger partial charge is 0.482 e. The van der Waals surface area contributed by atoms with Gasteiger partial charge in [-0.1, -0.05) is 17.7 Å². The summed E-state index contributed by atoms with van der Waals surface area (Å²) in [6, 6.07) is 12.1. The van der Waals surface area contributed by atoms with Gasteiger partial charge in [0.15, 0.2) is 30.5 Å². The molecule has 24 heavy (non-hydrogen) atoms. The average molecular weight is 328 g/mol. The van der Waals surface area contributed by atoms with Crippen molar-refractivity contribution in [3.05, 3.63) is 53.6 Å². The minimum atomic E-state index is -0.607. The molecule has 124 valence electrons. The molecule has 0 radical (unpaired) electrons. The molecule has 1 aliphatic heterocycles. The molecule has 0 N–H and O–H groups in total. The van der Waals surface area contributed by atoms with Crippen LogP contribution < -0.4 is 14.2 Å². The molecule has 0 aromatic heterocycles. The number of ether oxygens (including phenoxy) is 4. The number of carbonyl (C=O) groups excluding carboxylic acids is 2. The second-order valence-corrected chi connectivity index (χ2v) is 5.25. The van der Waals surface area contributed by atoms with Gasteiger partial charge in [0.1, 0.15) is 5.75 Å². The number of aryl methyl sites for hydroxylation is 1. The standard InChI is InChI=1S/C18H16O6/c1-12-2-5-14(6-3-12)21-10-18(20)22-9-15(19)13-4-7-16-17(8-13)24-11-23-16/h2-8H,9-11H2,1H3. The Kier molecular flexibility index (Phi) is 4.65. The van der Waals surface area contributed by atoms with E-state index in [9.17, 15) is 9.59 Å². The number of hydrogen-bond donors (Lipinski definition) is 0. The van der Waals surface area contributed by atoms with Crippen molar-refractivity contribution in [2.24, 2.45) is 0 Å². The molecule has 1 aliphatic rings. The SMILES string of the molecule is Cc1ccc(OCC(=O)OCC(=O)c2ccc3c(c2)OCO3)cc1. The third-order valence-electron chi connectivity index (χ3n) is 3.44. The van der Waals surface area contributed by atoms with Crippen LogP contribution in [0.3, 0.4) is 0 Å². The number of ketones is 1. The Morgan fingerprint density at radius 2 is 1.75 bits per heavy atom. The van der Waals surface area contributed by atoms with Gasteiger partial charge < -0.3 is 18.9 Å². The first kappa shape index (κ1) is 15.9. The Labute approximate surface area is 138 Å². The Hall–Kier alpha value is -3.02. The van der Waals surface area contributed by atoms with Gasteiger partial charge in [-0.15, -0.1) is 0 Å². The van der Waals surface area contributed by atoms with Gasteiger partial charge in [0, 0.05) is 5.56 Å². The molecule has 0 amide bonds. The highest BCUT2D eigenvalue weighted by atomic mass is 16.7. The molecule has 6 heteroatoms. The van der Waals surface area contributed by atoms with Gasteiger partial charge in [0.25, 0.3) is 0 Å². The van der Waals surface area contributed by atoms with Gasteiger partial charge in [-0.2, -0.15) is 0 Å². The summed E-state index contributed by atoms with van der Waals surface area (Å²) in [5.41, 5.74) is 1.49. The minimum Gasteiger partial charge on any atom is -0.482 e. The summed E-state index contributed by atoms with van der Waals surface area (Å²) in [7, 11) is 0. The maximum atomic E-state index is 12.0. The number of Topliss-reactive ketones (excluding diaryl/α,β-unsaturated/α-hetero) is 1. The van der Waals surface area contributed by atoms with Gasteiger partial charge in [0.2, 0.25) is 6.79 Å². The maximum absolute atomic E-state index is 12.0. The van der Waals surface area contributed by atoms with Crippen LogP contribution in [0.5, 0.6) is 17.2 Å². The summed E-state index contributed by atoms with van der Waals surface area (Å²) >= 11 is 0. The van der Waals surface area contributed by atoms with Crippen LogP contribution in [-0.2, 0) is 9.53 Å². The lowest BCUT2D eigenvalue weighted by Gasteiger charge is -2.07. The van der Waals surface area contributed by atoms with E-state index in [2.05, 4.69) is 0 Å². The summed E-state index contributed by atoms with van der Waals surface area (Å²) in [5.74, 6) is 0.742. The van der Waals surface area contributed by atoms with E-state index in [4.69, 9.17) is 18.9 Å². The molecule has 0 fully saturated rings. The lowest BCUT2D eigenvalue weighted by atomic mass is 10.1. The second kappa shape index (κ2) is 7.04. The maximum Gasteiger partial charge on any atom is 0.344 e. The molecule has 0 atom stereocenters. The minimum absolute atomic E-state index is 0.137. The monoisotopic (exact) mass is 328 g/mol. The third-order valence-corrected chi connectivity index (χ3v) is 3.44. The van der Waals surface area contributed by atoms with Crippen LogP contribution in [0.15, 0.2) is 42.5 Å². The average Bonchev–Trinajstić information content (AvgIpc) is 3.06. The van der Waals surface area contributed by atoms with Gasteiger partial charge in [-0.3, -0.25) is 4.79 Å². The number of fused-ring (bicyclic) bond motifs is 1. The quantitative estimate of drug-likeness (QED) is 0.599. The highest BCUT2D eigenvalue weighted by Crippen LogP contribution is 2.32. The van der Waals surface area contributed by atoms with Crippen LogP contribution in [0.2, 0.25) is 0 Å². The predicted octanol–water partition coefficient (Wildman–Crippen LogP) is 2.53. The van der Waals surface area contributed by atoms with Gasteiger partial charge in [0.05, 0.1) is 0 Å². The van der Waals surface area contributed by atoms with Crippen molar-refractivity contribution in [2.45, 2.75) is 6.92 Å². The first-order valence-electron chi connectivity index (χ1n) is 7.40. The molecular weight excluding hydrogens is 312 g/mol. The van der Waals surface area contributed by atoms with E-state index >= 15 is 0 Å². The number of rotatable bonds is 6. The molecule has 3 rings (SSSR count). The Morgan fingerprint density at radius 3 is 2.54 bits per heavy atom. The molecule has 0 saturated carbocycles. The summed E-state index contributed by atoms with van der Waals surface area (Å²) in [4.78, 5) is 23.7. The van der Waals surface area contributed by atoms with E-state index in [-0.39, 0.29) is 25.8 Å². The van der Waals surface area contributed by atoms with Crippen molar-refractivity contribution in [3.8, 4) is 17.2 Å². The van der Waals surface area contributed by atoms with Crippen molar-refractivity contribution < 1.29 is 28.5 Å². The molecule has 0 saturated heterocycles. The van der Waals surface area contributed by atoms with Crippen LogP contribution in [0.1, 0.15) is 15.9 Å². The lowest BCUT2D eigenvalue weighted by Crippen LogP contribution is -2.19. The lowest BCUT2D eigenvalue weighted by molar-refractivity contribution is -0.144. The number of carbonyl (C=O) groups is 2. The molecule has 0 aliphatic carbocycles. The number of hydrogen-bond acceptors (Lipinski definition) is 6. The topological polar surface area (TPSA) is 71.1 Å². The van der Waals surface area contributed by atoms with E-state index in [0.29, 0.717) is 22.8 Å². The van der Waals surface area contributed by atoms with Crippen LogP contribution >= 0.6 is 0 Å². The first-order chi connectivity index (χ1) is 11.6. The molecule has 0 unspecified atom stereocenters. The van der Waals surface area contributed by atoms with Crippen LogP contribution in [0, 0.1) is 6.92 Å². The van der Waals surface area contributed by atoms with E-state index in [1.165, 1.54) is 0 Å². The zero-order valence-corrected chi connectivity index (χ0v) is 13.1. The highest BCUT2D eigenvalue weighted by Gasteiger charge is 2.17. The fourth-order valence-corrected chi connectivity index (χ4v) is 2.12. The fraction of sp³-hybridized carbons (Fsp3) is 0.222. The van der Waals surface area contributed by atoms with E-state index in [1.54, 1.807) is 30.3 Å². The summed E-state index contributed by atoms with van der Waals surface area (Å²) in [6.07, 6.45) is 0. The zero-order chi connectivity index (χ0) is 16.9. The summed E-state index contributed by atoms with van der Waals surface area (Å²) < 4.78 is 20.6. The van der Waals surface area contributed by atoms with Gasteiger partial charge in [-0.25, -0.2) is 4.79 Å². The highest BCUT2D eigenvalue weighted by molar-refractivity contribution is 5.98. The first-order valence-corrected chi connectivity index (χ1v) is 7.40. The summed E-state index contributed by atoms with van der Waals surface area (Å²) in [5, 5.41) is 0. The second-order valence-electron chi connectivity index (χ2n) is 5.25. The van der Waals surface area contributed by atoms with Crippen molar-refractivity contribution in [3.63, 3.8) is 0 Å². The fourth-order valence-electron chi connectivity index (χ4n) is 2.12. The van der Waals surface area contributed by atoms with E-state index in [1.807, 2.05) is 19.1 Å². The molecule has 6 nitrogen and oxygen atoms in total. The Bertz CT molecular complexity index is 751. The molecule has 0 spiro atoms. The smallest absolute Gasteiger partial charge is 0.344 e. The van der Waals surface area contributed by atoms with Gasteiger partial charge in [-0.05, 0) is 37.3 Å². The molecule has 2 aromatic rings. The summed E-state index contributed by atoms with van der Waals surface area (Å²) in [6.45, 7) is 1.49. The predicted molar refractivity (Wildman–Crippen MR) is 84.5 cm³/mol. The molecular formula is C18H16O6. The third kappa shape index (κ3) is 3.84. The van der Waals surface area contributed by atoms with E-state index in [0.717, 1.165) is 5.56 Å². The van der Waals surface area contributed by atoms with Crippen LogP contribution in [0.25, 0.3) is 0 Å². The normalized spacial score (nSPS) is 11.9. The van der Waals surface area contributed by atoms with Crippen molar-refractivity contribution >= 4 is 11.8 Å². The van der Waals surface area contributed by atoms with Crippen molar-refractivity contribution in [1.29, 1.82) is 0 Å². The van der Waals surface area contributed by atoms with Crippen molar-refractivity contribution in [2.75, 3.05) is 20.0 Å².